The molecule has 6 nitrogen and oxygen atoms in total. The summed E-state index contributed by atoms with van der Waals surface area (Å²) < 4.78 is 5.60. The number of rotatable bonds is 9. The zero-order chi connectivity index (χ0) is 22.2. The number of nitrogens with one attached hydrogen (secondary N) is 2. The van der Waals surface area contributed by atoms with Crippen LogP contribution in [0.4, 0.5) is 0 Å². The van der Waals surface area contributed by atoms with Crippen LogP contribution >= 0.6 is 12.2 Å². The van der Waals surface area contributed by atoms with Crippen LogP contribution in [0.5, 0.6) is 5.75 Å². The Kier molecular flexibility index (Phi) is 8.03. The maximum atomic E-state index is 12.7. The summed E-state index contributed by atoms with van der Waals surface area (Å²) in [5.74, 6) is 0.789. The van der Waals surface area contributed by atoms with E-state index in [0.29, 0.717) is 36.9 Å². The van der Waals surface area contributed by atoms with Crippen LogP contribution in [-0.2, 0) is 13.1 Å². The van der Waals surface area contributed by atoms with E-state index in [0.717, 1.165) is 28.8 Å². The smallest absolute Gasteiger partial charge is 0.253 e. The second kappa shape index (κ2) is 10.9. The van der Waals surface area contributed by atoms with Crippen molar-refractivity contribution < 1.29 is 4.74 Å². The summed E-state index contributed by atoms with van der Waals surface area (Å²) in [5, 5.41) is 4.91. The molecule has 0 spiro atoms. The van der Waals surface area contributed by atoms with Crippen LogP contribution in [0.1, 0.15) is 18.1 Å². The van der Waals surface area contributed by atoms with Gasteiger partial charge in [-0.25, -0.2) is 0 Å². The molecule has 31 heavy (non-hydrogen) atoms. The number of thiocarbonyl (C=S) groups is 1. The van der Waals surface area contributed by atoms with Gasteiger partial charge in [0, 0.05) is 36.1 Å². The van der Waals surface area contributed by atoms with Crippen molar-refractivity contribution in [3.8, 4) is 5.75 Å². The Morgan fingerprint density at radius 2 is 1.87 bits per heavy atom. The van der Waals surface area contributed by atoms with Crippen LogP contribution in [0, 0.1) is 0 Å². The maximum absolute atomic E-state index is 12.7. The van der Waals surface area contributed by atoms with E-state index in [-0.39, 0.29) is 5.56 Å². The van der Waals surface area contributed by atoms with E-state index >= 15 is 0 Å². The molecule has 0 bridgehead atoms. The van der Waals surface area contributed by atoms with Gasteiger partial charge in [0.15, 0.2) is 5.11 Å². The molecular formula is C24H30N4O2S. The number of likely N-dealkylation sites (N-methyl/N-ethyl adjacent to an activating group) is 1. The van der Waals surface area contributed by atoms with Gasteiger partial charge in [0.1, 0.15) is 5.75 Å². The maximum Gasteiger partial charge on any atom is 0.253 e. The molecule has 0 aliphatic rings. The average molecular weight is 439 g/mol. The number of ether oxygens (including phenoxy) is 1. The van der Waals surface area contributed by atoms with Crippen molar-refractivity contribution in [2.24, 2.45) is 0 Å². The van der Waals surface area contributed by atoms with E-state index in [1.165, 1.54) is 0 Å². The van der Waals surface area contributed by atoms with Gasteiger partial charge in [0.25, 0.3) is 5.56 Å². The molecule has 7 heteroatoms. The largest absolute Gasteiger partial charge is 0.494 e. The monoisotopic (exact) mass is 438 g/mol. The first-order valence-corrected chi connectivity index (χ1v) is 10.9. The number of pyridine rings is 1. The van der Waals surface area contributed by atoms with E-state index in [1.807, 2.05) is 68.4 Å². The predicted octanol–water partition coefficient (Wildman–Crippen LogP) is 3.37. The third-order valence-electron chi connectivity index (χ3n) is 4.96. The van der Waals surface area contributed by atoms with Gasteiger partial charge in [0.05, 0.1) is 13.2 Å². The molecule has 2 N–H and O–H groups in total. The fraction of sp³-hybridized carbons (Fsp3) is 0.333. The van der Waals surface area contributed by atoms with Gasteiger partial charge in [-0.2, -0.15) is 0 Å². The number of aromatic amines is 1. The van der Waals surface area contributed by atoms with Gasteiger partial charge in [0.2, 0.25) is 0 Å². The van der Waals surface area contributed by atoms with E-state index in [4.69, 9.17) is 17.0 Å². The van der Waals surface area contributed by atoms with Gasteiger partial charge in [-0.1, -0.05) is 30.3 Å². The molecule has 0 unspecified atom stereocenters. The van der Waals surface area contributed by atoms with Crippen molar-refractivity contribution >= 4 is 28.2 Å². The van der Waals surface area contributed by atoms with Gasteiger partial charge in [-0.3, -0.25) is 4.79 Å². The molecule has 1 heterocycles. The Morgan fingerprint density at radius 1 is 1.10 bits per heavy atom. The van der Waals surface area contributed by atoms with Gasteiger partial charge >= 0.3 is 0 Å². The van der Waals surface area contributed by atoms with E-state index in [2.05, 4.69) is 27.3 Å². The lowest BCUT2D eigenvalue weighted by Gasteiger charge is -2.27. The summed E-state index contributed by atoms with van der Waals surface area (Å²) in [6.07, 6.45) is 0. The van der Waals surface area contributed by atoms with Crippen LogP contribution in [0.2, 0.25) is 0 Å². The molecule has 0 saturated carbocycles. The Bertz CT molecular complexity index is 1070. The summed E-state index contributed by atoms with van der Waals surface area (Å²) in [5.41, 5.74) is 2.52. The standard InChI is InChI=1S/C24H30N4O2S/c1-4-30-21-10-11-22-19(15-21)14-20(23(29)26-22)17-28(13-12-27(2)3)24(31)25-16-18-8-6-5-7-9-18/h5-11,14-15H,4,12-13,16-17H2,1-3H3,(H,25,31)(H,26,29). The molecule has 3 aromatic rings. The topological polar surface area (TPSA) is 60.6 Å². The molecule has 0 radical (unpaired) electrons. The van der Waals surface area contributed by atoms with Gasteiger partial charge < -0.3 is 24.8 Å². The molecule has 0 saturated heterocycles. The molecule has 0 fully saturated rings. The number of benzene rings is 2. The average Bonchev–Trinajstić information content (AvgIpc) is 2.76. The zero-order valence-corrected chi connectivity index (χ0v) is 19.2. The minimum Gasteiger partial charge on any atom is -0.494 e. The summed E-state index contributed by atoms with van der Waals surface area (Å²) >= 11 is 5.68. The van der Waals surface area contributed by atoms with E-state index < -0.39 is 0 Å². The predicted molar refractivity (Wildman–Crippen MR) is 131 cm³/mol. The highest BCUT2D eigenvalue weighted by atomic mass is 32.1. The second-order valence-corrected chi connectivity index (χ2v) is 8.06. The first kappa shape index (κ1) is 22.8. The van der Waals surface area contributed by atoms with E-state index in [1.54, 1.807) is 0 Å². The van der Waals surface area contributed by atoms with Crippen LogP contribution in [-0.4, -0.2) is 53.7 Å². The number of aromatic nitrogens is 1. The van der Waals surface area contributed by atoms with Gasteiger partial charge in [-0.05, 0) is 63.1 Å². The minimum absolute atomic E-state index is 0.0997. The lowest BCUT2D eigenvalue weighted by atomic mass is 10.1. The van der Waals surface area contributed by atoms with E-state index in [9.17, 15) is 4.79 Å². The van der Waals surface area contributed by atoms with Crippen molar-refractivity contribution in [3.63, 3.8) is 0 Å². The fourth-order valence-corrected chi connectivity index (χ4v) is 3.50. The number of nitrogens with zero attached hydrogens (tertiary/aromatic N) is 2. The molecule has 0 aliphatic heterocycles. The molecule has 3 rings (SSSR count). The highest BCUT2D eigenvalue weighted by Crippen LogP contribution is 2.19. The molecular weight excluding hydrogens is 408 g/mol. The second-order valence-electron chi connectivity index (χ2n) is 7.67. The van der Waals surface area contributed by atoms with Crippen LogP contribution < -0.4 is 15.6 Å². The van der Waals surface area contributed by atoms with Crippen molar-refractivity contribution in [1.82, 2.24) is 20.1 Å². The Balaban J connectivity index is 1.80. The lowest BCUT2D eigenvalue weighted by Crippen LogP contribution is -2.43. The Morgan fingerprint density at radius 3 is 2.58 bits per heavy atom. The molecule has 2 aromatic carbocycles. The van der Waals surface area contributed by atoms with Crippen molar-refractivity contribution in [2.75, 3.05) is 33.8 Å². The number of fused-ring (bicyclic) bond motifs is 1. The minimum atomic E-state index is -0.0997. The Hall–Kier alpha value is -2.90. The third kappa shape index (κ3) is 6.54. The summed E-state index contributed by atoms with van der Waals surface area (Å²) in [7, 11) is 4.05. The first-order valence-electron chi connectivity index (χ1n) is 10.5. The SMILES string of the molecule is CCOc1ccc2[nH]c(=O)c(CN(CCN(C)C)C(=S)NCc3ccccc3)cc2c1. The zero-order valence-electron chi connectivity index (χ0n) is 18.4. The fourth-order valence-electron chi connectivity index (χ4n) is 3.27. The van der Waals surface area contributed by atoms with Crippen molar-refractivity contribution in [3.05, 3.63) is 76.1 Å². The van der Waals surface area contributed by atoms with Crippen molar-refractivity contribution in [1.29, 1.82) is 0 Å². The molecule has 0 amide bonds. The molecule has 1 aromatic heterocycles. The lowest BCUT2D eigenvalue weighted by molar-refractivity contribution is 0.322. The molecule has 0 aliphatic carbocycles. The van der Waals surface area contributed by atoms with Crippen LogP contribution in [0.15, 0.2) is 59.4 Å². The number of hydrogen-bond donors (Lipinski definition) is 2. The number of H-pyrrole nitrogens is 1. The highest BCUT2D eigenvalue weighted by molar-refractivity contribution is 7.80. The summed E-state index contributed by atoms with van der Waals surface area (Å²) in [6.45, 7) is 5.16. The van der Waals surface area contributed by atoms with Gasteiger partial charge in [-0.15, -0.1) is 0 Å². The normalized spacial score (nSPS) is 11.0. The van der Waals surface area contributed by atoms with Crippen LogP contribution in [0.25, 0.3) is 10.9 Å². The highest BCUT2D eigenvalue weighted by Gasteiger charge is 2.14. The first-order chi connectivity index (χ1) is 15.0. The summed E-state index contributed by atoms with van der Waals surface area (Å²) in [6, 6.07) is 17.8. The third-order valence-corrected chi connectivity index (χ3v) is 5.36. The molecule has 164 valence electrons. The quantitative estimate of drug-likeness (QED) is 0.500. The molecule has 0 atom stereocenters. The van der Waals surface area contributed by atoms with Crippen LogP contribution in [0.3, 0.4) is 0 Å². The van der Waals surface area contributed by atoms with Crippen molar-refractivity contribution in [2.45, 2.75) is 20.0 Å². The Labute approximate surface area is 188 Å². The number of hydrogen-bond acceptors (Lipinski definition) is 4. The summed E-state index contributed by atoms with van der Waals surface area (Å²) in [4.78, 5) is 19.9.